The van der Waals surface area contributed by atoms with Crippen molar-refractivity contribution in [2.24, 2.45) is 5.92 Å². The number of carbonyl (C=O) groups excluding carboxylic acids is 2. The number of sulfonamides is 1. The third-order valence-corrected chi connectivity index (χ3v) is 7.78. The normalized spacial score (nSPS) is 21.7. The fourth-order valence-corrected chi connectivity index (χ4v) is 5.37. The van der Waals surface area contributed by atoms with Crippen LogP contribution >= 0.6 is 0 Å². The lowest BCUT2D eigenvalue weighted by molar-refractivity contribution is -0.0149. The zero-order chi connectivity index (χ0) is 30.2. The summed E-state index contributed by atoms with van der Waals surface area (Å²) in [6.45, 7) is 6.41. The third kappa shape index (κ3) is 9.44. The number of ether oxygens (including phenoxy) is 2. The van der Waals surface area contributed by atoms with Crippen LogP contribution in [-0.4, -0.2) is 93.0 Å². The van der Waals surface area contributed by atoms with Crippen molar-refractivity contribution < 1.29 is 32.6 Å². The molecule has 0 fully saturated rings. The number of nitrogens with zero attached hydrogens (tertiary/aromatic N) is 2. The fourth-order valence-electron chi connectivity index (χ4n) is 4.82. The average molecular weight is 590 g/mol. The molecule has 0 aliphatic carbocycles. The molecule has 3 rings (SSSR count). The number of rotatable bonds is 7. The van der Waals surface area contributed by atoms with E-state index in [9.17, 15) is 23.1 Å². The second-order valence-corrected chi connectivity index (χ2v) is 12.7. The zero-order valence-corrected chi connectivity index (χ0v) is 25.4. The van der Waals surface area contributed by atoms with Crippen molar-refractivity contribution in [1.82, 2.24) is 9.80 Å². The molecule has 10 nitrogen and oxygen atoms in total. The molecule has 0 bridgehead atoms. The number of hydrogen-bond donors (Lipinski definition) is 2. The van der Waals surface area contributed by atoms with Gasteiger partial charge in [0.15, 0.2) is 0 Å². The van der Waals surface area contributed by atoms with Crippen molar-refractivity contribution in [3.05, 3.63) is 59.7 Å². The van der Waals surface area contributed by atoms with Gasteiger partial charge < -0.3 is 24.4 Å². The molecule has 11 heteroatoms. The molecule has 2 N–H and O–H groups in total. The molecule has 0 saturated heterocycles. The van der Waals surface area contributed by atoms with E-state index in [0.717, 1.165) is 25.5 Å². The maximum absolute atomic E-state index is 14.1. The summed E-state index contributed by atoms with van der Waals surface area (Å²) in [6, 6.07) is 13.1. The predicted molar refractivity (Wildman–Crippen MR) is 159 cm³/mol. The molecule has 0 aromatic heterocycles. The van der Waals surface area contributed by atoms with Crippen molar-refractivity contribution in [2.75, 3.05) is 44.3 Å². The number of nitrogens with one attached hydrogen (secondary N) is 1. The minimum Gasteiger partial charge on any atom is -0.490 e. The second-order valence-electron chi connectivity index (χ2n) is 10.9. The molecule has 0 unspecified atom stereocenters. The zero-order valence-electron chi connectivity index (χ0n) is 24.6. The Morgan fingerprint density at radius 1 is 1.17 bits per heavy atom. The number of likely N-dealkylation sites (N-methyl/N-ethyl adjacent to an activating group) is 1. The van der Waals surface area contributed by atoms with Crippen LogP contribution in [0.4, 0.5) is 5.69 Å². The molecule has 2 aromatic rings. The quantitative estimate of drug-likeness (QED) is 0.505. The number of benzene rings is 2. The van der Waals surface area contributed by atoms with Gasteiger partial charge in [0.25, 0.3) is 11.8 Å². The first-order valence-corrected chi connectivity index (χ1v) is 15.9. The van der Waals surface area contributed by atoms with Gasteiger partial charge in [-0.15, -0.1) is 0 Å². The Kier molecular flexibility index (Phi) is 11.6. The van der Waals surface area contributed by atoms with E-state index >= 15 is 0 Å². The number of aliphatic hydroxyl groups is 1. The topological polar surface area (TPSA) is 125 Å². The van der Waals surface area contributed by atoms with E-state index in [0.29, 0.717) is 24.5 Å². The molecule has 2 amide bonds. The van der Waals surface area contributed by atoms with E-state index in [1.807, 2.05) is 32.0 Å². The Labute approximate surface area is 243 Å². The molecule has 1 aliphatic heterocycles. The van der Waals surface area contributed by atoms with Gasteiger partial charge in [0.05, 0.1) is 36.7 Å². The summed E-state index contributed by atoms with van der Waals surface area (Å²) in [4.78, 5) is 30.3. The molecule has 1 heterocycles. The first kappa shape index (κ1) is 32.4. The highest BCUT2D eigenvalue weighted by molar-refractivity contribution is 7.92. The van der Waals surface area contributed by atoms with E-state index in [-0.39, 0.29) is 48.4 Å². The minimum absolute atomic E-state index is 0.122. The molecule has 226 valence electrons. The average Bonchev–Trinajstić information content (AvgIpc) is 2.93. The molecule has 0 spiro atoms. The number of hydrogen-bond acceptors (Lipinski definition) is 7. The summed E-state index contributed by atoms with van der Waals surface area (Å²) in [5, 5.41) is 10.1. The molecule has 4 atom stereocenters. The molecule has 0 radical (unpaired) electrons. The number of anilines is 1. The SMILES string of the molecule is C[C@@H]1CCCCO[C@@H](CN(C)C(=O)c2ccccc2)[C@H](C)CN([C@H](C)CO)C(=O)c2cc(NS(C)(=O)=O)ccc2O1. The summed E-state index contributed by atoms with van der Waals surface area (Å²) in [5.41, 5.74) is 1.02. The van der Waals surface area contributed by atoms with Crippen LogP contribution in [0.5, 0.6) is 5.75 Å². The first-order chi connectivity index (χ1) is 19.4. The Morgan fingerprint density at radius 3 is 2.54 bits per heavy atom. The smallest absolute Gasteiger partial charge is 0.258 e. The van der Waals surface area contributed by atoms with Gasteiger partial charge in [-0.25, -0.2) is 8.42 Å². The van der Waals surface area contributed by atoms with Crippen LogP contribution in [0.15, 0.2) is 48.5 Å². The fraction of sp³-hybridized carbons (Fsp3) is 0.533. The van der Waals surface area contributed by atoms with Crippen LogP contribution in [0.1, 0.15) is 60.7 Å². The molecule has 1 aliphatic rings. The van der Waals surface area contributed by atoms with Gasteiger partial charge in [0, 0.05) is 43.9 Å². The van der Waals surface area contributed by atoms with Crippen molar-refractivity contribution in [2.45, 2.75) is 58.3 Å². The number of carbonyl (C=O) groups is 2. The van der Waals surface area contributed by atoms with Crippen LogP contribution < -0.4 is 9.46 Å². The highest BCUT2D eigenvalue weighted by Crippen LogP contribution is 2.29. The van der Waals surface area contributed by atoms with Gasteiger partial charge in [-0.1, -0.05) is 25.1 Å². The Bertz CT molecular complexity index is 1270. The molecule has 0 saturated carbocycles. The van der Waals surface area contributed by atoms with Crippen molar-refractivity contribution in [3.8, 4) is 5.75 Å². The van der Waals surface area contributed by atoms with Gasteiger partial charge in [0.2, 0.25) is 10.0 Å². The van der Waals surface area contributed by atoms with E-state index in [1.54, 1.807) is 48.0 Å². The second kappa shape index (κ2) is 14.7. The van der Waals surface area contributed by atoms with Gasteiger partial charge in [0.1, 0.15) is 5.75 Å². The molecule has 2 aromatic carbocycles. The van der Waals surface area contributed by atoms with E-state index < -0.39 is 22.0 Å². The lowest BCUT2D eigenvalue weighted by Gasteiger charge is -2.36. The van der Waals surface area contributed by atoms with Crippen LogP contribution in [-0.2, 0) is 14.8 Å². The van der Waals surface area contributed by atoms with Crippen LogP contribution in [0.25, 0.3) is 0 Å². The van der Waals surface area contributed by atoms with Crippen molar-refractivity contribution >= 4 is 27.5 Å². The van der Waals surface area contributed by atoms with E-state index in [1.165, 1.54) is 6.07 Å². The van der Waals surface area contributed by atoms with E-state index in [4.69, 9.17) is 9.47 Å². The lowest BCUT2D eigenvalue weighted by atomic mass is 10.0. The lowest BCUT2D eigenvalue weighted by Crippen LogP contribution is -2.48. The number of fused-ring (bicyclic) bond motifs is 1. The number of amides is 2. The van der Waals surface area contributed by atoms with Crippen LogP contribution in [0.3, 0.4) is 0 Å². The largest absolute Gasteiger partial charge is 0.490 e. The van der Waals surface area contributed by atoms with Crippen molar-refractivity contribution in [1.29, 1.82) is 0 Å². The Balaban J connectivity index is 1.95. The first-order valence-electron chi connectivity index (χ1n) is 14.0. The summed E-state index contributed by atoms with van der Waals surface area (Å²) in [5.74, 6) is -0.379. The minimum atomic E-state index is -3.57. The summed E-state index contributed by atoms with van der Waals surface area (Å²) < 4.78 is 38.7. The summed E-state index contributed by atoms with van der Waals surface area (Å²) >= 11 is 0. The van der Waals surface area contributed by atoms with Gasteiger partial charge in [-0.3, -0.25) is 14.3 Å². The monoisotopic (exact) mass is 589 g/mol. The maximum atomic E-state index is 14.1. The highest BCUT2D eigenvalue weighted by atomic mass is 32.2. The van der Waals surface area contributed by atoms with Crippen LogP contribution in [0, 0.1) is 5.92 Å². The molecular weight excluding hydrogens is 546 g/mol. The maximum Gasteiger partial charge on any atom is 0.258 e. The molecular formula is C30H43N3O7S. The molecule has 41 heavy (non-hydrogen) atoms. The Morgan fingerprint density at radius 2 is 1.88 bits per heavy atom. The highest BCUT2D eigenvalue weighted by Gasteiger charge is 2.31. The Hall–Kier alpha value is -3.15. The van der Waals surface area contributed by atoms with Gasteiger partial charge >= 0.3 is 0 Å². The standard InChI is InChI=1S/C30H43N3O7S/c1-21-18-33(22(2)20-34)30(36)26-17-25(31-41(5,37)38)14-15-27(26)40-23(3)11-9-10-16-39-28(21)19-32(4)29(35)24-12-7-6-8-13-24/h6-8,12-15,17,21-23,28,31,34H,9-11,16,18-20H2,1-5H3/t21-,22-,23-,28+/m1/s1. The third-order valence-electron chi connectivity index (χ3n) is 7.18. The van der Waals surface area contributed by atoms with Gasteiger partial charge in [-0.05, 0) is 63.4 Å². The van der Waals surface area contributed by atoms with Gasteiger partial charge in [-0.2, -0.15) is 0 Å². The predicted octanol–water partition coefficient (Wildman–Crippen LogP) is 3.63. The summed E-state index contributed by atoms with van der Waals surface area (Å²) in [7, 11) is -1.84. The number of aliphatic hydroxyl groups excluding tert-OH is 1. The van der Waals surface area contributed by atoms with E-state index in [2.05, 4.69) is 4.72 Å². The van der Waals surface area contributed by atoms with Crippen molar-refractivity contribution in [3.63, 3.8) is 0 Å². The summed E-state index contributed by atoms with van der Waals surface area (Å²) in [6.07, 6.45) is 2.83. The van der Waals surface area contributed by atoms with Crippen LogP contribution in [0.2, 0.25) is 0 Å².